The van der Waals surface area contributed by atoms with Crippen LogP contribution >= 0.6 is 11.6 Å². The number of hydrogen-bond donors (Lipinski definition) is 2. The van der Waals surface area contributed by atoms with Gasteiger partial charge in [-0.1, -0.05) is 29.8 Å². The molecule has 8 nitrogen and oxygen atoms in total. The van der Waals surface area contributed by atoms with Crippen molar-refractivity contribution in [2.45, 2.75) is 0 Å². The Kier molecular flexibility index (Phi) is 4.71. The summed E-state index contributed by atoms with van der Waals surface area (Å²) >= 11 is 5.83. The van der Waals surface area contributed by atoms with E-state index in [0.717, 1.165) is 0 Å². The third-order valence-corrected chi connectivity index (χ3v) is 3.56. The second-order valence-corrected chi connectivity index (χ2v) is 5.27. The number of amides is 1. The molecule has 0 radical (unpaired) electrons. The third-order valence-electron chi connectivity index (χ3n) is 3.26. The number of ether oxygens (including phenoxy) is 1. The van der Waals surface area contributed by atoms with Gasteiger partial charge in [-0.05, 0) is 18.2 Å². The number of esters is 1. The zero-order valence-electron chi connectivity index (χ0n) is 12.7. The summed E-state index contributed by atoms with van der Waals surface area (Å²) in [6, 6.07) is 9.62. The summed E-state index contributed by atoms with van der Waals surface area (Å²) in [4.78, 5) is 39.6. The molecule has 0 aliphatic heterocycles. The molecule has 0 spiro atoms. The summed E-state index contributed by atoms with van der Waals surface area (Å²) in [5.74, 6) is -1.42. The number of pyridine rings is 1. The molecule has 2 heterocycles. The number of aromatic amines is 1. The van der Waals surface area contributed by atoms with Crippen molar-refractivity contribution in [2.75, 3.05) is 11.9 Å². The van der Waals surface area contributed by atoms with Gasteiger partial charge < -0.3 is 10.1 Å². The van der Waals surface area contributed by atoms with E-state index >= 15 is 0 Å². The van der Waals surface area contributed by atoms with E-state index in [0.29, 0.717) is 16.5 Å². The van der Waals surface area contributed by atoms with Crippen LogP contribution in [0.15, 0.2) is 47.4 Å². The first kappa shape index (κ1) is 16.6. The monoisotopic (exact) mass is 358 g/mol. The first-order chi connectivity index (χ1) is 12.1. The fraction of sp³-hybridized carbons (Fsp3) is 0.0625. The summed E-state index contributed by atoms with van der Waals surface area (Å²) in [5.41, 5.74) is -0.198. The number of nitrogens with zero attached hydrogens (tertiary/aromatic N) is 2. The van der Waals surface area contributed by atoms with Crippen LogP contribution in [0.25, 0.3) is 10.8 Å². The maximum Gasteiger partial charge on any atom is 0.359 e. The quantitative estimate of drug-likeness (QED) is 0.542. The van der Waals surface area contributed by atoms with Gasteiger partial charge in [0.2, 0.25) is 0 Å². The summed E-state index contributed by atoms with van der Waals surface area (Å²) in [6.07, 6.45) is 1.48. The Hall–Kier alpha value is -3.26. The number of anilines is 1. The number of carbonyl (C=O) groups excluding carboxylic acids is 2. The van der Waals surface area contributed by atoms with E-state index in [9.17, 15) is 14.4 Å². The maximum absolute atomic E-state index is 12.2. The lowest BCUT2D eigenvalue weighted by Gasteiger charge is -2.08. The fourth-order valence-corrected chi connectivity index (χ4v) is 2.30. The summed E-state index contributed by atoms with van der Waals surface area (Å²) in [6.45, 7) is -0.542. The van der Waals surface area contributed by atoms with Crippen LogP contribution in [0.4, 0.5) is 5.69 Å². The van der Waals surface area contributed by atoms with E-state index in [-0.39, 0.29) is 10.8 Å². The van der Waals surface area contributed by atoms with Crippen molar-refractivity contribution in [1.29, 1.82) is 0 Å². The van der Waals surface area contributed by atoms with Crippen molar-refractivity contribution < 1.29 is 14.3 Å². The SMILES string of the molecule is O=C(COC(=O)c1n[nH]c(=O)c2ccccc12)Nc1cccnc1Cl. The van der Waals surface area contributed by atoms with Crippen molar-refractivity contribution in [3.63, 3.8) is 0 Å². The number of H-pyrrole nitrogens is 1. The minimum absolute atomic E-state index is 0.0811. The summed E-state index contributed by atoms with van der Waals surface area (Å²) < 4.78 is 4.95. The molecule has 126 valence electrons. The zero-order chi connectivity index (χ0) is 17.8. The molecule has 3 rings (SSSR count). The lowest BCUT2D eigenvalue weighted by molar-refractivity contribution is -0.119. The van der Waals surface area contributed by atoms with Crippen molar-refractivity contribution in [1.82, 2.24) is 15.2 Å². The minimum Gasteiger partial charge on any atom is -0.451 e. The normalized spacial score (nSPS) is 10.4. The second kappa shape index (κ2) is 7.10. The molecule has 1 aromatic carbocycles. The predicted octanol–water partition coefficient (Wildman–Crippen LogP) is 1.77. The number of carbonyl (C=O) groups is 2. The van der Waals surface area contributed by atoms with Crippen molar-refractivity contribution in [3.8, 4) is 0 Å². The zero-order valence-corrected chi connectivity index (χ0v) is 13.4. The highest BCUT2D eigenvalue weighted by Gasteiger charge is 2.17. The minimum atomic E-state index is -0.833. The summed E-state index contributed by atoms with van der Waals surface area (Å²) in [5, 5.41) is 9.17. The van der Waals surface area contributed by atoms with E-state index < -0.39 is 24.0 Å². The number of hydrogen-bond acceptors (Lipinski definition) is 6. The summed E-state index contributed by atoms with van der Waals surface area (Å²) in [7, 11) is 0. The van der Waals surface area contributed by atoms with Gasteiger partial charge in [0.15, 0.2) is 17.5 Å². The standard InChI is InChI=1S/C16H11ClN4O4/c17-14-11(6-3-7-18-14)19-12(22)8-25-16(24)13-9-4-1-2-5-10(9)15(23)21-20-13/h1-7H,8H2,(H,19,22)(H,21,23). The van der Waals surface area contributed by atoms with Crippen LogP contribution in [0.2, 0.25) is 5.15 Å². The van der Waals surface area contributed by atoms with Crippen LogP contribution in [-0.4, -0.2) is 33.7 Å². The molecule has 3 aromatic rings. The third kappa shape index (κ3) is 3.64. The van der Waals surface area contributed by atoms with Gasteiger partial charge in [0.05, 0.1) is 11.1 Å². The Morgan fingerprint density at radius 3 is 2.68 bits per heavy atom. The molecular formula is C16H11ClN4O4. The molecule has 0 unspecified atom stereocenters. The highest BCUT2D eigenvalue weighted by atomic mass is 35.5. The number of halogens is 1. The van der Waals surface area contributed by atoms with E-state index in [1.165, 1.54) is 6.20 Å². The molecule has 2 N–H and O–H groups in total. The van der Waals surface area contributed by atoms with E-state index in [2.05, 4.69) is 20.5 Å². The molecular weight excluding hydrogens is 348 g/mol. The first-order valence-corrected chi connectivity index (χ1v) is 7.49. The van der Waals surface area contributed by atoms with Gasteiger partial charge in [0, 0.05) is 11.6 Å². The Balaban J connectivity index is 1.71. The fourth-order valence-electron chi connectivity index (χ4n) is 2.14. The van der Waals surface area contributed by atoms with Gasteiger partial charge in [-0.15, -0.1) is 0 Å². The van der Waals surface area contributed by atoms with Crippen molar-refractivity contribution in [2.24, 2.45) is 0 Å². The largest absolute Gasteiger partial charge is 0.451 e. The topological polar surface area (TPSA) is 114 Å². The van der Waals surface area contributed by atoms with Gasteiger partial charge in [-0.3, -0.25) is 9.59 Å². The number of fused-ring (bicyclic) bond motifs is 1. The molecule has 25 heavy (non-hydrogen) atoms. The van der Waals surface area contributed by atoms with Crippen LogP contribution < -0.4 is 10.9 Å². The Labute approximate surface area is 145 Å². The molecule has 0 saturated heterocycles. The molecule has 9 heteroatoms. The predicted molar refractivity (Wildman–Crippen MR) is 90.5 cm³/mol. The number of aromatic nitrogens is 3. The van der Waals surface area contributed by atoms with Crippen LogP contribution in [0, 0.1) is 0 Å². The van der Waals surface area contributed by atoms with Crippen LogP contribution in [0.5, 0.6) is 0 Å². The molecule has 1 amide bonds. The average Bonchev–Trinajstić information content (AvgIpc) is 2.62. The maximum atomic E-state index is 12.2. The van der Waals surface area contributed by atoms with Crippen molar-refractivity contribution >= 4 is 39.9 Å². The first-order valence-electron chi connectivity index (χ1n) is 7.11. The van der Waals surface area contributed by atoms with E-state index in [1.54, 1.807) is 36.4 Å². The van der Waals surface area contributed by atoms with Crippen LogP contribution in [-0.2, 0) is 9.53 Å². The van der Waals surface area contributed by atoms with Gasteiger partial charge >= 0.3 is 5.97 Å². The molecule has 0 aliphatic carbocycles. The van der Waals surface area contributed by atoms with Gasteiger partial charge in [0.25, 0.3) is 11.5 Å². The Bertz CT molecular complexity index is 1020. The van der Waals surface area contributed by atoms with E-state index in [1.807, 2.05) is 0 Å². The van der Waals surface area contributed by atoms with Crippen LogP contribution in [0.3, 0.4) is 0 Å². The number of rotatable bonds is 4. The highest BCUT2D eigenvalue weighted by molar-refractivity contribution is 6.32. The van der Waals surface area contributed by atoms with Crippen LogP contribution in [0.1, 0.15) is 10.5 Å². The van der Waals surface area contributed by atoms with Crippen molar-refractivity contribution in [3.05, 3.63) is 63.8 Å². The van der Waals surface area contributed by atoms with Gasteiger partial charge in [0.1, 0.15) is 0 Å². The average molecular weight is 359 g/mol. The van der Waals surface area contributed by atoms with Gasteiger partial charge in [-0.2, -0.15) is 5.10 Å². The Morgan fingerprint density at radius 1 is 1.16 bits per heavy atom. The number of nitrogens with one attached hydrogen (secondary N) is 2. The smallest absolute Gasteiger partial charge is 0.359 e. The molecule has 0 saturated carbocycles. The lowest BCUT2D eigenvalue weighted by atomic mass is 10.1. The second-order valence-electron chi connectivity index (χ2n) is 4.91. The molecule has 0 aliphatic rings. The van der Waals surface area contributed by atoms with E-state index in [4.69, 9.17) is 16.3 Å². The lowest BCUT2D eigenvalue weighted by Crippen LogP contribution is -2.23. The molecule has 0 fully saturated rings. The molecule has 0 bridgehead atoms. The number of benzene rings is 1. The Morgan fingerprint density at radius 2 is 1.92 bits per heavy atom. The van der Waals surface area contributed by atoms with Gasteiger partial charge in [-0.25, -0.2) is 14.9 Å². The highest BCUT2D eigenvalue weighted by Crippen LogP contribution is 2.17. The molecule has 2 aromatic heterocycles. The molecule has 0 atom stereocenters.